The zero-order chi connectivity index (χ0) is 14.0. The average Bonchev–Trinajstić information content (AvgIpc) is 2.43. The Hall–Kier alpha value is -0.200. The Balaban J connectivity index is 2.88. The Morgan fingerprint density at radius 3 is 1.26 bits per heavy atom. The zero-order valence-corrected chi connectivity index (χ0v) is 12.6. The van der Waals surface area contributed by atoms with Gasteiger partial charge in [-0.25, -0.2) is 0 Å². The lowest BCUT2D eigenvalue weighted by Gasteiger charge is -2.07. The normalized spacial score (nSPS) is 11.1. The molecule has 0 aromatic rings. The fraction of sp³-hybridized carbons (Fsp3) is 1.00. The van der Waals surface area contributed by atoms with Crippen LogP contribution in [0.5, 0.6) is 0 Å². The fourth-order valence-corrected chi connectivity index (χ4v) is 1.35. The summed E-state index contributed by atoms with van der Waals surface area (Å²) >= 11 is 0. The van der Waals surface area contributed by atoms with E-state index >= 15 is 0 Å². The molecule has 1 N–H and O–H groups in total. The molecule has 0 unspecified atom stereocenters. The van der Waals surface area contributed by atoms with Crippen molar-refractivity contribution in [2.24, 2.45) is 0 Å². The number of hydrogen-bond donors (Lipinski definition) is 1. The first kappa shape index (κ1) is 18.8. The van der Waals surface area contributed by atoms with Crippen LogP contribution < -0.4 is 5.32 Å². The largest absolute Gasteiger partial charge is 0.379 e. The molecule has 0 radical (unpaired) electrons. The maximum absolute atomic E-state index is 5.40. The van der Waals surface area contributed by atoms with Gasteiger partial charge >= 0.3 is 0 Å². The van der Waals surface area contributed by atoms with Crippen molar-refractivity contribution < 1.29 is 18.9 Å². The van der Waals surface area contributed by atoms with Gasteiger partial charge in [-0.3, -0.25) is 0 Å². The summed E-state index contributed by atoms with van der Waals surface area (Å²) in [4.78, 5) is 0. The summed E-state index contributed by atoms with van der Waals surface area (Å²) in [6.45, 7) is 11.7. The molecule has 0 aromatic heterocycles. The fourth-order valence-electron chi connectivity index (χ4n) is 1.35. The molecule has 19 heavy (non-hydrogen) atoms. The second kappa shape index (κ2) is 17.8. The van der Waals surface area contributed by atoms with Crippen molar-refractivity contribution in [3.63, 3.8) is 0 Å². The van der Waals surface area contributed by atoms with Crippen LogP contribution in [0, 0.1) is 0 Å². The Morgan fingerprint density at radius 2 is 0.895 bits per heavy atom. The molecular formula is C14H31NO4. The van der Waals surface area contributed by atoms with Crippen LogP contribution in [0.3, 0.4) is 0 Å². The van der Waals surface area contributed by atoms with Crippen molar-refractivity contribution in [3.8, 4) is 0 Å². The summed E-state index contributed by atoms with van der Waals surface area (Å²) in [7, 11) is 0. The second-order valence-corrected chi connectivity index (χ2v) is 4.20. The van der Waals surface area contributed by atoms with Gasteiger partial charge in [-0.2, -0.15) is 0 Å². The molecule has 116 valence electrons. The van der Waals surface area contributed by atoms with Gasteiger partial charge in [0.05, 0.1) is 39.6 Å². The molecular weight excluding hydrogens is 246 g/mol. The maximum Gasteiger partial charge on any atom is 0.0701 e. The first-order chi connectivity index (χ1) is 9.41. The van der Waals surface area contributed by atoms with E-state index in [1.54, 1.807) is 0 Å². The van der Waals surface area contributed by atoms with E-state index in [1.165, 1.54) is 0 Å². The van der Waals surface area contributed by atoms with Crippen LogP contribution in [0.25, 0.3) is 0 Å². The van der Waals surface area contributed by atoms with Gasteiger partial charge in [0.25, 0.3) is 0 Å². The molecule has 0 fully saturated rings. The predicted molar refractivity (Wildman–Crippen MR) is 76.7 cm³/mol. The molecule has 0 spiro atoms. The van der Waals surface area contributed by atoms with Crippen LogP contribution >= 0.6 is 0 Å². The highest BCUT2D eigenvalue weighted by Crippen LogP contribution is 1.82. The standard InChI is InChI=1S/C14H31NO4/c1-3-7-16-11-13-18-9-5-15-6-10-19-14-12-17-8-4-2/h15H,3-14H2,1-2H3. The quantitative estimate of drug-likeness (QED) is 0.433. The highest BCUT2D eigenvalue weighted by molar-refractivity contribution is 4.45. The van der Waals surface area contributed by atoms with Crippen molar-refractivity contribution in [1.29, 1.82) is 0 Å². The minimum atomic E-state index is 0.674. The second-order valence-electron chi connectivity index (χ2n) is 4.20. The molecule has 0 bridgehead atoms. The van der Waals surface area contributed by atoms with E-state index in [0.29, 0.717) is 26.4 Å². The first-order valence-electron chi connectivity index (χ1n) is 7.43. The molecule has 0 saturated carbocycles. The summed E-state index contributed by atoms with van der Waals surface area (Å²) in [5, 5.41) is 3.26. The third-order valence-electron chi connectivity index (χ3n) is 2.29. The molecule has 0 atom stereocenters. The number of ether oxygens (including phenoxy) is 4. The molecule has 5 heteroatoms. The molecule has 0 aliphatic carbocycles. The summed E-state index contributed by atoms with van der Waals surface area (Å²) < 4.78 is 21.4. The Kier molecular flexibility index (Phi) is 17.6. The molecule has 0 amide bonds. The molecule has 0 aromatic carbocycles. The Bertz CT molecular complexity index is 142. The maximum atomic E-state index is 5.40. The van der Waals surface area contributed by atoms with E-state index in [0.717, 1.165) is 52.4 Å². The number of rotatable bonds is 16. The van der Waals surface area contributed by atoms with Crippen molar-refractivity contribution in [1.82, 2.24) is 5.32 Å². The summed E-state index contributed by atoms with van der Waals surface area (Å²) in [6.07, 6.45) is 2.12. The lowest BCUT2D eigenvalue weighted by atomic mass is 10.5. The molecule has 0 aliphatic heterocycles. The van der Waals surface area contributed by atoms with Gasteiger partial charge in [0.1, 0.15) is 0 Å². The summed E-state index contributed by atoms with van der Waals surface area (Å²) in [6, 6.07) is 0. The highest BCUT2D eigenvalue weighted by Gasteiger charge is 1.91. The van der Waals surface area contributed by atoms with Gasteiger partial charge in [0.2, 0.25) is 0 Å². The van der Waals surface area contributed by atoms with Crippen molar-refractivity contribution >= 4 is 0 Å². The van der Waals surface area contributed by atoms with Crippen LogP contribution in [-0.2, 0) is 18.9 Å². The predicted octanol–water partition coefficient (Wildman–Crippen LogP) is 1.46. The van der Waals surface area contributed by atoms with E-state index < -0.39 is 0 Å². The lowest BCUT2D eigenvalue weighted by Crippen LogP contribution is -2.25. The van der Waals surface area contributed by atoms with Gasteiger partial charge in [-0.1, -0.05) is 13.8 Å². The summed E-state index contributed by atoms with van der Waals surface area (Å²) in [5.74, 6) is 0. The zero-order valence-electron chi connectivity index (χ0n) is 12.6. The monoisotopic (exact) mass is 277 g/mol. The number of hydrogen-bond acceptors (Lipinski definition) is 5. The molecule has 5 nitrogen and oxygen atoms in total. The Morgan fingerprint density at radius 1 is 0.526 bits per heavy atom. The highest BCUT2D eigenvalue weighted by atomic mass is 16.5. The van der Waals surface area contributed by atoms with Crippen LogP contribution in [0.1, 0.15) is 26.7 Å². The van der Waals surface area contributed by atoms with Gasteiger partial charge < -0.3 is 24.3 Å². The van der Waals surface area contributed by atoms with Gasteiger partial charge in [0.15, 0.2) is 0 Å². The van der Waals surface area contributed by atoms with E-state index in [1.807, 2.05) is 0 Å². The van der Waals surface area contributed by atoms with Crippen molar-refractivity contribution in [3.05, 3.63) is 0 Å². The third kappa shape index (κ3) is 17.8. The van der Waals surface area contributed by atoms with Gasteiger partial charge in [-0.15, -0.1) is 0 Å². The van der Waals surface area contributed by atoms with E-state index in [9.17, 15) is 0 Å². The first-order valence-corrected chi connectivity index (χ1v) is 7.43. The van der Waals surface area contributed by atoms with Crippen LogP contribution in [0.15, 0.2) is 0 Å². The lowest BCUT2D eigenvalue weighted by molar-refractivity contribution is 0.0431. The third-order valence-corrected chi connectivity index (χ3v) is 2.29. The SMILES string of the molecule is CCCOCCOCCNCCOCCOCCC. The van der Waals surface area contributed by atoms with Crippen LogP contribution in [0.2, 0.25) is 0 Å². The van der Waals surface area contributed by atoms with Crippen LogP contribution in [0.4, 0.5) is 0 Å². The van der Waals surface area contributed by atoms with Gasteiger partial charge in [-0.05, 0) is 12.8 Å². The molecule has 0 aliphatic rings. The topological polar surface area (TPSA) is 49.0 Å². The Labute approximate surface area is 117 Å². The molecule has 0 rings (SSSR count). The molecule has 0 saturated heterocycles. The average molecular weight is 277 g/mol. The minimum absolute atomic E-state index is 0.674. The van der Waals surface area contributed by atoms with Gasteiger partial charge in [0, 0.05) is 26.3 Å². The number of nitrogens with one attached hydrogen (secondary N) is 1. The molecule has 0 heterocycles. The van der Waals surface area contributed by atoms with Crippen molar-refractivity contribution in [2.45, 2.75) is 26.7 Å². The van der Waals surface area contributed by atoms with Crippen molar-refractivity contribution in [2.75, 3.05) is 65.9 Å². The van der Waals surface area contributed by atoms with E-state index in [4.69, 9.17) is 18.9 Å². The van der Waals surface area contributed by atoms with E-state index in [-0.39, 0.29) is 0 Å². The van der Waals surface area contributed by atoms with E-state index in [2.05, 4.69) is 19.2 Å². The smallest absolute Gasteiger partial charge is 0.0701 e. The summed E-state index contributed by atoms with van der Waals surface area (Å²) in [5.41, 5.74) is 0. The van der Waals surface area contributed by atoms with Crippen LogP contribution in [-0.4, -0.2) is 65.9 Å². The minimum Gasteiger partial charge on any atom is -0.379 e.